The molecule has 2 N–H and O–H groups in total. The van der Waals surface area contributed by atoms with E-state index in [1.807, 2.05) is 0 Å². The fraction of sp³-hybridized carbons (Fsp3) is 0.500. The number of Topliss-reactive ketones (excluding diaryl/α,β-unsaturated/α-hetero) is 1. The van der Waals surface area contributed by atoms with Crippen LogP contribution in [0.4, 0.5) is 4.39 Å². The number of nitrogens with two attached hydrogens (primary N) is 1. The van der Waals surface area contributed by atoms with Crippen LogP contribution in [-0.4, -0.2) is 12.3 Å². The summed E-state index contributed by atoms with van der Waals surface area (Å²) in [5.74, 6) is 0.0821. The van der Waals surface area contributed by atoms with Crippen LogP contribution >= 0.6 is 11.6 Å². The van der Waals surface area contributed by atoms with Gasteiger partial charge in [0.1, 0.15) is 11.6 Å². The monoisotopic (exact) mass is 269 g/mol. The summed E-state index contributed by atoms with van der Waals surface area (Å²) in [6.45, 7) is 0.549. The van der Waals surface area contributed by atoms with Crippen molar-refractivity contribution >= 4 is 17.4 Å². The highest BCUT2D eigenvalue weighted by atomic mass is 35.5. The molecule has 2 atom stereocenters. The van der Waals surface area contributed by atoms with Gasteiger partial charge in [-0.05, 0) is 49.1 Å². The highest BCUT2D eigenvalue weighted by molar-refractivity contribution is 6.31. The second kappa shape index (κ2) is 5.81. The molecule has 0 amide bonds. The van der Waals surface area contributed by atoms with Crippen molar-refractivity contribution in [1.29, 1.82) is 0 Å². The van der Waals surface area contributed by atoms with Gasteiger partial charge < -0.3 is 5.73 Å². The molecular formula is C14H17ClFNO. The van der Waals surface area contributed by atoms with E-state index < -0.39 is 0 Å². The average Bonchev–Trinajstić information content (AvgIpc) is 2.82. The van der Waals surface area contributed by atoms with Crippen LogP contribution in [0, 0.1) is 17.7 Å². The summed E-state index contributed by atoms with van der Waals surface area (Å²) >= 11 is 5.97. The van der Waals surface area contributed by atoms with E-state index in [1.165, 1.54) is 18.2 Å². The molecule has 1 fully saturated rings. The molecule has 1 aliphatic rings. The molecule has 1 saturated carbocycles. The molecule has 0 aromatic heterocycles. The molecule has 1 aromatic carbocycles. The molecule has 0 aliphatic heterocycles. The number of hydrogen-bond donors (Lipinski definition) is 1. The van der Waals surface area contributed by atoms with Gasteiger partial charge in [0, 0.05) is 17.4 Å². The lowest BCUT2D eigenvalue weighted by Gasteiger charge is -2.16. The Morgan fingerprint density at radius 3 is 2.94 bits per heavy atom. The molecule has 0 saturated heterocycles. The molecule has 2 nitrogen and oxygen atoms in total. The molecule has 4 heteroatoms. The second-order valence-corrected chi connectivity index (χ2v) is 5.32. The maximum atomic E-state index is 13.1. The molecule has 98 valence electrons. The minimum Gasteiger partial charge on any atom is -0.330 e. The van der Waals surface area contributed by atoms with Crippen LogP contribution < -0.4 is 5.73 Å². The highest BCUT2D eigenvalue weighted by Crippen LogP contribution is 2.33. The van der Waals surface area contributed by atoms with E-state index in [1.54, 1.807) is 0 Å². The van der Waals surface area contributed by atoms with Crippen LogP contribution in [0.25, 0.3) is 0 Å². The Morgan fingerprint density at radius 1 is 1.44 bits per heavy atom. The lowest BCUT2D eigenvalue weighted by Crippen LogP contribution is -2.26. The van der Waals surface area contributed by atoms with Crippen LogP contribution in [-0.2, 0) is 11.2 Å². The van der Waals surface area contributed by atoms with Gasteiger partial charge in [0.15, 0.2) is 0 Å². The standard InChI is InChI=1S/C14H17ClFNO/c15-13-5-4-11(16)6-10(13)7-14(18)12-3-1-2-9(12)8-17/h4-6,9,12H,1-3,7-8,17H2. The van der Waals surface area contributed by atoms with Gasteiger partial charge >= 0.3 is 0 Å². The fourth-order valence-corrected chi connectivity index (χ4v) is 2.92. The molecule has 2 unspecified atom stereocenters. The van der Waals surface area contributed by atoms with Crippen LogP contribution in [0.5, 0.6) is 0 Å². The minimum absolute atomic E-state index is 0.0225. The number of benzene rings is 1. The van der Waals surface area contributed by atoms with Gasteiger partial charge in [-0.2, -0.15) is 0 Å². The van der Waals surface area contributed by atoms with Crippen molar-refractivity contribution in [2.45, 2.75) is 25.7 Å². The molecule has 1 aliphatic carbocycles. The molecule has 0 radical (unpaired) electrons. The predicted molar refractivity (Wildman–Crippen MR) is 70.0 cm³/mol. The van der Waals surface area contributed by atoms with E-state index in [9.17, 15) is 9.18 Å². The van der Waals surface area contributed by atoms with Crippen LogP contribution in [0.1, 0.15) is 24.8 Å². The first-order chi connectivity index (χ1) is 8.61. The molecule has 18 heavy (non-hydrogen) atoms. The number of rotatable bonds is 4. The van der Waals surface area contributed by atoms with E-state index in [2.05, 4.69) is 0 Å². The van der Waals surface area contributed by atoms with E-state index >= 15 is 0 Å². The van der Waals surface area contributed by atoms with E-state index in [-0.39, 0.29) is 29.9 Å². The van der Waals surface area contributed by atoms with Gasteiger partial charge in [-0.15, -0.1) is 0 Å². The Kier molecular flexibility index (Phi) is 4.36. The number of halogens is 2. The molecular weight excluding hydrogens is 253 g/mol. The summed E-state index contributed by atoms with van der Waals surface area (Å²) in [6.07, 6.45) is 3.17. The van der Waals surface area contributed by atoms with Crippen LogP contribution in [0.15, 0.2) is 18.2 Å². The normalized spacial score (nSPS) is 23.3. The average molecular weight is 270 g/mol. The number of ketones is 1. The first kappa shape index (κ1) is 13.5. The Hall–Kier alpha value is -0.930. The van der Waals surface area contributed by atoms with Crippen molar-refractivity contribution in [1.82, 2.24) is 0 Å². The first-order valence-corrected chi connectivity index (χ1v) is 6.66. The second-order valence-electron chi connectivity index (χ2n) is 4.91. The molecule has 0 bridgehead atoms. The highest BCUT2D eigenvalue weighted by Gasteiger charge is 2.31. The first-order valence-electron chi connectivity index (χ1n) is 6.28. The molecule has 0 heterocycles. The van der Waals surface area contributed by atoms with Crippen LogP contribution in [0.2, 0.25) is 5.02 Å². The van der Waals surface area contributed by atoms with E-state index in [4.69, 9.17) is 17.3 Å². The minimum atomic E-state index is -0.357. The smallest absolute Gasteiger partial charge is 0.140 e. The zero-order valence-electron chi connectivity index (χ0n) is 10.2. The Balaban J connectivity index is 2.09. The Morgan fingerprint density at radius 2 is 2.22 bits per heavy atom. The van der Waals surface area contributed by atoms with Crippen molar-refractivity contribution in [3.05, 3.63) is 34.6 Å². The summed E-state index contributed by atoms with van der Waals surface area (Å²) < 4.78 is 13.1. The fourth-order valence-electron chi connectivity index (χ4n) is 2.74. The maximum absolute atomic E-state index is 13.1. The third kappa shape index (κ3) is 2.90. The van der Waals surface area contributed by atoms with Gasteiger partial charge in [0.05, 0.1) is 0 Å². The molecule has 1 aromatic rings. The van der Waals surface area contributed by atoms with Crippen molar-refractivity contribution in [3.63, 3.8) is 0 Å². The lowest BCUT2D eigenvalue weighted by molar-refractivity contribution is -0.123. The third-order valence-corrected chi connectivity index (χ3v) is 4.12. The van der Waals surface area contributed by atoms with Crippen molar-refractivity contribution < 1.29 is 9.18 Å². The predicted octanol–water partition coefficient (Wildman–Crippen LogP) is 2.97. The number of carbonyl (C=O) groups excluding carboxylic acids is 1. The van der Waals surface area contributed by atoms with Gasteiger partial charge in [0.2, 0.25) is 0 Å². The zero-order valence-corrected chi connectivity index (χ0v) is 10.9. The van der Waals surface area contributed by atoms with Gasteiger partial charge in [-0.25, -0.2) is 4.39 Å². The molecule has 2 rings (SSSR count). The summed E-state index contributed by atoms with van der Waals surface area (Å²) in [5.41, 5.74) is 6.24. The zero-order chi connectivity index (χ0) is 13.1. The van der Waals surface area contributed by atoms with Gasteiger partial charge in [-0.1, -0.05) is 18.0 Å². The SMILES string of the molecule is NCC1CCCC1C(=O)Cc1cc(F)ccc1Cl. The maximum Gasteiger partial charge on any atom is 0.140 e. The van der Waals surface area contributed by atoms with Crippen molar-refractivity contribution in [2.24, 2.45) is 17.6 Å². The van der Waals surface area contributed by atoms with Gasteiger partial charge in [0.25, 0.3) is 0 Å². The Bertz CT molecular complexity index is 449. The summed E-state index contributed by atoms with van der Waals surface area (Å²) in [7, 11) is 0. The quantitative estimate of drug-likeness (QED) is 0.913. The van der Waals surface area contributed by atoms with E-state index in [0.717, 1.165) is 19.3 Å². The summed E-state index contributed by atoms with van der Waals surface area (Å²) in [4.78, 5) is 12.2. The summed E-state index contributed by atoms with van der Waals surface area (Å²) in [6, 6.07) is 4.13. The molecule has 0 spiro atoms. The topological polar surface area (TPSA) is 43.1 Å². The Labute approximate surface area is 111 Å². The largest absolute Gasteiger partial charge is 0.330 e. The van der Waals surface area contributed by atoms with Crippen molar-refractivity contribution in [2.75, 3.05) is 6.54 Å². The van der Waals surface area contributed by atoms with E-state index in [0.29, 0.717) is 17.1 Å². The van der Waals surface area contributed by atoms with Crippen LogP contribution in [0.3, 0.4) is 0 Å². The number of carbonyl (C=O) groups is 1. The number of hydrogen-bond acceptors (Lipinski definition) is 2. The third-order valence-electron chi connectivity index (χ3n) is 3.75. The lowest BCUT2D eigenvalue weighted by atomic mass is 9.89. The summed E-state index contributed by atoms with van der Waals surface area (Å²) in [5, 5.41) is 0.451. The van der Waals surface area contributed by atoms with Gasteiger partial charge in [-0.3, -0.25) is 4.79 Å². The van der Waals surface area contributed by atoms with Crippen molar-refractivity contribution in [3.8, 4) is 0 Å².